The first-order valence-corrected chi connectivity index (χ1v) is 4.97. The molecular formula is C10H9BrFNO2. The molecule has 0 radical (unpaired) electrons. The number of benzene rings is 1. The molecule has 0 amide bonds. The lowest BCUT2D eigenvalue weighted by Gasteiger charge is -2.04. The summed E-state index contributed by atoms with van der Waals surface area (Å²) in [6, 6.07) is 4.50. The van der Waals surface area contributed by atoms with Gasteiger partial charge in [0.2, 0.25) is 0 Å². The lowest BCUT2D eigenvalue weighted by molar-refractivity contribution is -0.131. The lowest BCUT2D eigenvalue weighted by Crippen LogP contribution is -2.01. The Morgan fingerprint density at radius 3 is 3.00 bits per heavy atom. The predicted octanol–water partition coefficient (Wildman–Crippen LogP) is 2.64. The van der Waals surface area contributed by atoms with Gasteiger partial charge in [-0.2, -0.15) is 0 Å². The maximum atomic E-state index is 13.1. The Morgan fingerprint density at radius 1 is 1.60 bits per heavy atom. The molecule has 0 aromatic heterocycles. The van der Waals surface area contributed by atoms with Crippen molar-refractivity contribution >= 4 is 27.6 Å². The van der Waals surface area contributed by atoms with Gasteiger partial charge in [-0.05, 0) is 18.2 Å². The molecule has 0 saturated heterocycles. The first-order valence-electron chi connectivity index (χ1n) is 4.18. The van der Waals surface area contributed by atoms with Crippen molar-refractivity contribution in [2.75, 3.05) is 11.9 Å². The predicted molar refractivity (Wildman–Crippen MR) is 59.4 cm³/mol. The molecule has 80 valence electrons. The number of anilines is 1. The van der Waals surface area contributed by atoms with E-state index in [1.807, 2.05) is 0 Å². The minimum absolute atomic E-state index is 0.264. The molecule has 1 aromatic carbocycles. The molecule has 0 aliphatic heterocycles. The van der Waals surface area contributed by atoms with E-state index in [9.17, 15) is 9.18 Å². The van der Waals surface area contributed by atoms with E-state index >= 15 is 0 Å². The average Bonchev–Trinajstić information content (AvgIpc) is 2.17. The van der Waals surface area contributed by atoms with Crippen LogP contribution in [0.2, 0.25) is 0 Å². The zero-order chi connectivity index (χ0) is 11.3. The van der Waals surface area contributed by atoms with Gasteiger partial charge in [0.15, 0.2) is 0 Å². The summed E-state index contributed by atoms with van der Waals surface area (Å²) in [6.07, 6.45) is 2.41. The highest BCUT2D eigenvalue weighted by Crippen LogP contribution is 2.19. The van der Waals surface area contributed by atoms with Crippen molar-refractivity contribution in [1.29, 1.82) is 0 Å². The summed E-state index contributed by atoms with van der Waals surface area (Å²) in [4.78, 5) is 10.1. The number of hydrogen-bond donors (Lipinski definition) is 2. The van der Waals surface area contributed by atoms with Crippen LogP contribution in [-0.4, -0.2) is 17.6 Å². The summed E-state index contributed by atoms with van der Waals surface area (Å²) in [6.45, 7) is 0.264. The highest BCUT2D eigenvalue weighted by atomic mass is 79.9. The van der Waals surface area contributed by atoms with Gasteiger partial charge in [0.25, 0.3) is 0 Å². The molecule has 0 aliphatic carbocycles. The van der Waals surface area contributed by atoms with E-state index in [0.717, 1.165) is 10.5 Å². The molecule has 0 fully saturated rings. The topological polar surface area (TPSA) is 49.3 Å². The van der Waals surface area contributed by atoms with E-state index in [-0.39, 0.29) is 12.4 Å². The summed E-state index contributed by atoms with van der Waals surface area (Å²) in [5, 5.41) is 11.1. The van der Waals surface area contributed by atoms with Crippen LogP contribution in [0.15, 0.2) is 34.8 Å². The van der Waals surface area contributed by atoms with E-state index in [4.69, 9.17) is 5.11 Å². The largest absolute Gasteiger partial charge is 0.478 e. The maximum absolute atomic E-state index is 13.1. The summed E-state index contributed by atoms with van der Waals surface area (Å²) in [7, 11) is 0. The Kier molecular flexibility index (Phi) is 4.30. The zero-order valence-electron chi connectivity index (χ0n) is 7.71. The summed E-state index contributed by atoms with van der Waals surface area (Å²) >= 11 is 3.21. The second-order valence-corrected chi connectivity index (χ2v) is 3.66. The molecule has 5 heteroatoms. The SMILES string of the molecule is O=C(O)/C=C/CNc1cc(Br)ccc1F. The van der Waals surface area contributed by atoms with Gasteiger partial charge in [-0.25, -0.2) is 9.18 Å². The van der Waals surface area contributed by atoms with Gasteiger partial charge in [0, 0.05) is 17.1 Å². The number of carboxylic acid groups (broad SMARTS) is 1. The molecule has 0 bridgehead atoms. The number of nitrogens with one attached hydrogen (secondary N) is 1. The summed E-state index contributed by atoms with van der Waals surface area (Å²) in [5.74, 6) is -1.39. The minimum Gasteiger partial charge on any atom is -0.478 e. The van der Waals surface area contributed by atoms with Crippen LogP contribution in [0.3, 0.4) is 0 Å². The van der Waals surface area contributed by atoms with Crippen molar-refractivity contribution in [3.63, 3.8) is 0 Å². The average molecular weight is 274 g/mol. The van der Waals surface area contributed by atoms with E-state index in [2.05, 4.69) is 21.2 Å². The van der Waals surface area contributed by atoms with Crippen LogP contribution in [0.1, 0.15) is 0 Å². The van der Waals surface area contributed by atoms with Crippen LogP contribution in [-0.2, 0) is 4.79 Å². The number of rotatable bonds is 4. The smallest absolute Gasteiger partial charge is 0.328 e. The Balaban J connectivity index is 2.57. The van der Waals surface area contributed by atoms with Gasteiger partial charge in [0.1, 0.15) is 5.82 Å². The second-order valence-electron chi connectivity index (χ2n) is 2.75. The van der Waals surface area contributed by atoms with E-state index in [1.165, 1.54) is 12.1 Å². The monoisotopic (exact) mass is 273 g/mol. The Bertz CT molecular complexity index is 393. The number of halogens is 2. The third kappa shape index (κ3) is 4.12. The Morgan fingerprint density at radius 2 is 2.33 bits per heavy atom. The van der Waals surface area contributed by atoms with Crippen LogP contribution in [0.4, 0.5) is 10.1 Å². The van der Waals surface area contributed by atoms with E-state index < -0.39 is 5.97 Å². The number of carboxylic acids is 1. The van der Waals surface area contributed by atoms with Crippen LogP contribution in [0.5, 0.6) is 0 Å². The highest BCUT2D eigenvalue weighted by molar-refractivity contribution is 9.10. The van der Waals surface area contributed by atoms with Crippen LogP contribution < -0.4 is 5.32 Å². The van der Waals surface area contributed by atoms with Gasteiger partial charge >= 0.3 is 5.97 Å². The molecular weight excluding hydrogens is 265 g/mol. The third-order valence-corrected chi connectivity index (χ3v) is 2.09. The van der Waals surface area contributed by atoms with Gasteiger partial charge in [-0.3, -0.25) is 0 Å². The molecule has 0 atom stereocenters. The van der Waals surface area contributed by atoms with Crippen molar-refractivity contribution in [3.8, 4) is 0 Å². The Labute approximate surface area is 94.7 Å². The molecule has 0 spiro atoms. The van der Waals surface area contributed by atoms with E-state index in [0.29, 0.717) is 5.69 Å². The standard InChI is InChI=1S/C10H9BrFNO2/c11-7-3-4-8(12)9(6-7)13-5-1-2-10(14)15/h1-4,6,13H,5H2,(H,14,15)/b2-1+. The van der Waals surface area contributed by atoms with Crippen LogP contribution in [0, 0.1) is 5.82 Å². The van der Waals surface area contributed by atoms with Crippen molar-refractivity contribution in [1.82, 2.24) is 0 Å². The minimum atomic E-state index is -1.02. The van der Waals surface area contributed by atoms with Crippen molar-refractivity contribution < 1.29 is 14.3 Å². The molecule has 0 aliphatic rings. The quantitative estimate of drug-likeness (QED) is 0.830. The molecule has 0 heterocycles. The first kappa shape index (κ1) is 11.7. The van der Waals surface area contributed by atoms with Gasteiger partial charge in [0.05, 0.1) is 5.69 Å². The summed E-state index contributed by atoms with van der Waals surface area (Å²) in [5.41, 5.74) is 0.333. The van der Waals surface area contributed by atoms with Gasteiger partial charge < -0.3 is 10.4 Å². The molecule has 1 aromatic rings. The van der Waals surface area contributed by atoms with Crippen molar-refractivity contribution in [2.45, 2.75) is 0 Å². The fraction of sp³-hybridized carbons (Fsp3) is 0.100. The van der Waals surface area contributed by atoms with E-state index in [1.54, 1.807) is 12.1 Å². The first-order chi connectivity index (χ1) is 7.09. The number of hydrogen-bond acceptors (Lipinski definition) is 2. The van der Waals surface area contributed by atoms with Gasteiger partial charge in [-0.1, -0.05) is 22.0 Å². The van der Waals surface area contributed by atoms with Crippen LogP contribution in [0.25, 0.3) is 0 Å². The number of aliphatic carboxylic acids is 1. The second kappa shape index (κ2) is 5.50. The molecule has 3 nitrogen and oxygen atoms in total. The molecule has 0 unspecified atom stereocenters. The molecule has 2 N–H and O–H groups in total. The highest BCUT2D eigenvalue weighted by Gasteiger charge is 2.00. The fourth-order valence-corrected chi connectivity index (χ4v) is 1.32. The lowest BCUT2D eigenvalue weighted by atomic mass is 10.3. The normalized spacial score (nSPS) is 10.5. The van der Waals surface area contributed by atoms with Crippen molar-refractivity contribution in [3.05, 3.63) is 40.6 Å². The summed E-state index contributed by atoms with van der Waals surface area (Å²) < 4.78 is 13.9. The Hall–Kier alpha value is -1.36. The van der Waals surface area contributed by atoms with Crippen LogP contribution >= 0.6 is 15.9 Å². The molecule has 15 heavy (non-hydrogen) atoms. The zero-order valence-corrected chi connectivity index (χ0v) is 9.29. The number of carbonyl (C=O) groups is 1. The third-order valence-electron chi connectivity index (χ3n) is 1.60. The van der Waals surface area contributed by atoms with Gasteiger partial charge in [-0.15, -0.1) is 0 Å². The molecule has 0 saturated carbocycles. The van der Waals surface area contributed by atoms with Crippen molar-refractivity contribution in [2.24, 2.45) is 0 Å². The molecule has 1 rings (SSSR count). The fourth-order valence-electron chi connectivity index (χ4n) is 0.962. The maximum Gasteiger partial charge on any atom is 0.328 e.